The van der Waals surface area contributed by atoms with Crippen LogP contribution in [0.25, 0.3) is 16.7 Å². The van der Waals surface area contributed by atoms with Crippen LogP contribution in [0.1, 0.15) is 24.6 Å². The molecule has 0 saturated carbocycles. The van der Waals surface area contributed by atoms with Crippen LogP contribution in [-0.4, -0.2) is 26.6 Å². The smallest absolute Gasteiger partial charge is 0.263 e. The number of halogens is 1. The van der Waals surface area contributed by atoms with E-state index < -0.39 is 0 Å². The lowest BCUT2D eigenvalue weighted by atomic mass is 10.2. The molecule has 3 aromatic rings. The van der Waals surface area contributed by atoms with Crippen LogP contribution in [0.15, 0.2) is 35.4 Å². The Labute approximate surface area is 150 Å². The molecule has 0 bridgehead atoms. The highest BCUT2D eigenvalue weighted by Crippen LogP contribution is 2.25. The molecule has 1 N–H and O–H groups in total. The number of hydrogen-bond donors (Lipinski definition) is 1. The molecule has 0 aliphatic rings. The second-order valence-corrected chi connectivity index (χ2v) is 6.17. The van der Waals surface area contributed by atoms with Gasteiger partial charge >= 0.3 is 0 Å². The van der Waals surface area contributed by atoms with Gasteiger partial charge < -0.3 is 5.32 Å². The number of fused-ring (bicyclic) bond motifs is 1. The third-order valence-corrected chi connectivity index (χ3v) is 4.50. The van der Waals surface area contributed by atoms with Crippen molar-refractivity contribution in [3.8, 4) is 5.69 Å². The molecule has 2 aromatic heterocycles. The largest absolute Gasteiger partial charge is 0.356 e. The average molecular weight is 356 g/mol. The van der Waals surface area contributed by atoms with Gasteiger partial charge in [0.1, 0.15) is 5.82 Å². The van der Waals surface area contributed by atoms with E-state index in [-0.39, 0.29) is 30.2 Å². The van der Waals surface area contributed by atoms with Crippen molar-refractivity contribution in [2.24, 2.45) is 0 Å². The first-order valence-corrected chi connectivity index (χ1v) is 8.53. The number of nitrogens with zero attached hydrogens (tertiary/aromatic N) is 3. The van der Waals surface area contributed by atoms with Crippen LogP contribution in [0.3, 0.4) is 0 Å². The normalized spacial score (nSPS) is 11.1. The standard InChI is InChI=1S/C19H21FN4O2/c1-4-21-16(25)8-9-23-11-22-18-17(19(23)26)12(2)13(3)24(18)15-7-5-6-14(20)10-15/h5-7,10-11H,4,8-9H2,1-3H3,(H,21,25). The van der Waals surface area contributed by atoms with Crippen LogP contribution in [0, 0.1) is 19.7 Å². The van der Waals surface area contributed by atoms with E-state index in [9.17, 15) is 14.0 Å². The van der Waals surface area contributed by atoms with E-state index in [2.05, 4.69) is 10.3 Å². The summed E-state index contributed by atoms with van der Waals surface area (Å²) in [4.78, 5) is 29.0. The van der Waals surface area contributed by atoms with Gasteiger partial charge in [-0.1, -0.05) is 6.07 Å². The number of rotatable bonds is 5. The maximum atomic E-state index is 13.6. The van der Waals surface area contributed by atoms with Crippen LogP contribution >= 0.6 is 0 Å². The maximum Gasteiger partial charge on any atom is 0.263 e. The summed E-state index contributed by atoms with van der Waals surface area (Å²) in [6.45, 7) is 6.39. The molecule has 1 amide bonds. The molecule has 0 spiro atoms. The van der Waals surface area contributed by atoms with Gasteiger partial charge in [-0.25, -0.2) is 9.37 Å². The lowest BCUT2D eigenvalue weighted by Crippen LogP contribution is -2.27. The highest BCUT2D eigenvalue weighted by Gasteiger charge is 2.18. The molecule has 26 heavy (non-hydrogen) atoms. The lowest BCUT2D eigenvalue weighted by Gasteiger charge is -2.09. The fourth-order valence-electron chi connectivity index (χ4n) is 3.08. The van der Waals surface area contributed by atoms with E-state index >= 15 is 0 Å². The Kier molecular flexibility index (Phi) is 4.88. The van der Waals surface area contributed by atoms with Crippen molar-refractivity contribution < 1.29 is 9.18 Å². The molecule has 0 aliphatic heterocycles. The quantitative estimate of drug-likeness (QED) is 0.764. The second kappa shape index (κ2) is 7.11. The number of aromatic nitrogens is 3. The molecule has 7 heteroatoms. The summed E-state index contributed by atoms with van der Waals surface area (Å²) in [5.74, 6) is -0.457. The molecule has 2 heterocycles. The summed E-state index contributed by atoms with van der Waals surface area (Å²) in [6, 6.07) is 6.18. The van der Waals surface area contributed by atoms with E-state index in [4.69, 9.17) is 0 Å². The minimum atomic E-state index is -0.350. The van der Waals surface area contributed by atoms with Gasteiger partial charge in [0.05, 0.1) is 17.4 Å². The number of nitrogens with one attached hydrogen (secondary N) is 1. The van der Waals surface area contributed by atoms with Crippen LogP contribution in [0.4, 0.5) is 4.39 Å². The van der Waals surface area contributed by atoms with E-state index in [1.165, 1.54) is 23.0 Å². The van der Waals surface area contributed by atoms with Crippen molar-refractivity contribution in [1.29, 1.82) is 0 Å². The molecular formula is C19H21FN4O2. The minimum Gasteiger partial charge on any atom is -0.356 e. The van der Waals surface area contributed by atoms with Crippen molar-refractivity contribution >= 4 is 16.9 Å². The second-order valence-electron chi connectivity index (χ2n) is 6.17. The fraction of sp³-hybridized carbons (Fsp3) is 0.316. The van der Waals surface area contributed by atoms with E-state index in [0.717, 1.165) is 11.3 Å². The van der Waals surface area contributed by atoms with Crippen LogP contribution in [0.2, 0.25) is 0 Å². The number of amides is 1. The third kappa shape index (κ3) is 3.12. The van der Waals surface area contributed by atoms with Gasteiger partial charge in [0.2, 0.25) is 5.91 Å². The van der Waals surface area contributed by atoms with Crippen LogP contribution in [0.5, 0.6) is 0 Å². The van der Waals surface area contributed by atoms with Gasteiger partial charge in [-0.2, -0.15) is 0 Å². The van der Waals surface area contributed by atoms with Crippen molar-refractivity contribution in [2.75, 3.05) is 6.54 Å². The van der Waals surface area contributed by atoms with Crippen molar-refractivity contribution in [2.45, 2.75) is 33.7 Å². The first kappa shape index (κ1) is 17.8. The Morgan fingerprint density at radius 3 is 2.77 bits per heavy atom. The highest BCUT2D eigenvalue weighted by molar-refractivity contribution is 5.83. The maximum absolute atomic E-state index is 13.6. The molecule has 0 unspecified atom stereocenters. The summed E-state index contributed by atoms with van der Waals surface area (Å²) < 4.78 is 16.9. The van der Waals surface area contributed by atoms with Gasteiger partial charge in [0.15, 0.2) is 5.65 Å². The summed E-state index contributed by atoms with van der Waals surface area (Å²) in [6.07, 6.45) is 1.65. The predicted molar refractivity (Wildman–Crippen MR) is 98.1 cm³/mol. The van der Waals surface area contributed by atoms with Gasteiger partial charge in [0.25, 0.3) is 5.56 Å². The predicted octanol–water partition coefficient (Wildman–Crippen LogP) is 2.47. The number of hydrogen-bond acceptors (Lipinski definition) is 3. The van der Waals surface area contributed by atoms with Crippen LogP contribution in [-0.2, 0) is 11.3 Å². The minimum absolute atomic E-state index is 0.107. The zero-order chi connectivity index (χ0) is 18.8. The van der Waals surface area contributed by atoms with Crippen LogP contribution < -0.4 is 10.9 Å². The molecule has 6 nitrogen and oxygen atoms in total. The number of aryl methyl sites for hydroxylation is 2. The summed E-state index contributed by atoms with van der Waals surface area (Å²) in [5.41, 5.74) is 2.54. The first-order valence-electron chi connectivity index (χ1n) is 8.53. The SMILES string of the molecule is CCNC(=O)CCn1cnc2c(c(C)c(C)n2-c2cccc(F)c2)c1=O. The van der Waals surface area contributed by atoms with Gasteiger partial charge in [-0.15, -0.1) is 0 Å². The molecule has 0 radical (unpaired) electrons. The number of carbonyl (C=O) groups excluding carboxylic acids is 1. The molecule has 136 valence electrons. The van der Waals surface area contributed by atoms with Gasteiger partial charge in [0, 0.05) is 25.2 Å². The highest BCUT2D eigenvalue weighted by atomic mass is 19.1. The lowest BCUT2D eigenvalue weighted by molar-refractivity contribution is -0.121. The molecule has 0 aliphatic carbocycles. The van der Waals surface area contributed by atoms with E-state index in [0.29, 0.717) is 23.3 Å². The Bertz CT molecular complexity index is 1040. The molecule has 3 rings (SSSR count). The van der Waals surface area contributed by atoms with Crippen molar-refractivity contribution in [3.05, 3.63) is 58.0 Å². The Morgan fingerprint density at radius 2 is 2.08 bits per heavy atom. The zero-order valence-corrected chi connectivity index (χ0v) is 15.0. The molecule has 0 saturated heterocycles. The van der Waals surface area contributed by atoms with Crippen molar-refractivity contribution in [1.82, 2.24) is 19.4 Å². The topological polar surface area (TPSA) is 68.9 Å². The summed E-state index contributed by atoms with van der Waals surface area (Å²) >= 11 is 0. The Balaban J connectivity index is 2.09. The van der Waals surface area contributed by atoms with E-state index in [1.807, 2.05) is 20.8 Å². The summed E-state index contributed by atoms with van der Waals surface area (Å²) in [5, 5.41) is 3.20. The summed E-state index contributed by atoms with van der Waals surface area (Å²) in [7, 11) is 0. The van der Waals surface area contributed by atoms with Gasteiger partial charge in [-0.3, -0.25) is 18.7 Å². The monoisotopic (exact) mass is 356 g/mol. The van der Waals surface area contributed by atoms with Crippen molar-refractivity contribution in [3.63, 3.8) is 0 Å². The molecule has 1 aromatic carbocycles. The first-order chi connectivity index (χ1) is 12.4. The number of carbonyl (C=O) groups is 1. The fourth-order valence-corrected chi connectivity index (χ4v) is 3.08. The third-order valence-electron chi connectivity index (χ3n) is 4.50. The Hall–Kier alpha value is -2.96. The molecule has 0 fully saturated rings. The van der Waals surface area contributed by atoms with E-state index in [1.54, 1.807) is 16.7 Å². The van der Waals surface area contributed by atoms with Gasteiger partial charge in [-0.05, 0) is 44.5 Å². The zero-order valence-electron chi connectivity index (χ0n) is 15.0. The molecule has 0 atom stereocenters. The Morgan fingerprint density at radius 1 is 1.31 bits per heavy atom. The number of benzene rings is 1. The average Bonchev–Trinajstić information content (AvgIpc) is 2.86. The molecular weight excluding hydrogens is 335 g/mol.